The zero-order valence-corrected chi connectivity index (χ0v) is 16.3. The topological polar surface area (TPSA) is 230 Å². The molecule has 1 aromatic rings. The fourth-order valence-electron chi connectivity index (χ4n) is 5.21. The van der Waals surface area contributed by atoms with Crippen molar-refractivity contribution in [2.75, 3.05) is 11.5 Å². The van der Waals surface area contributed by atoms with Gasteiger partial charge in [-0.2, -0.15) is 0 Å². The van der Waals surface area contributed by atoms with Gasteiger partial charge in [-0.3, -0.25) is 14.4 Å². The molecule has 31 heavy (non-hydrogen) atoms. The Labute approximate surface area is 175 Å². The maximum atomic E-state index is 13.4. The second-order valence-electron chi connectivity index (χ2n) is 8.18. The molecule has 1 aromatic carbocycles. The number of fused-ring (bicyclic) bond motifs is 3. The highest BCUT2D eigenvalue weighted by atomic mass is 16.4. The number of Topliss-reactive ketones (excluding diaryl/α,β-unsaturated/α-hetero) is 2. The molecule has 164 valence electrons. The second-order valence-corrected chi connectivity index (χ2v) is 8.18. The molecule has 0 aromatic heterocycles. The molecule has 1 saturated carbocycles. The van der Waals surface area contributed by atoms with E-state index >= 15 is 0 Å². The van der Waals surface area contributed by atoms with E-state index in [4.69, 9.17) is 17.2 Å². The number of hydrogen-bond acceptors (Lipinski definition) is 10. The minimum absolute atomic E-state index is 0.0994. The summed E-state index contributed by atoms with van der Waals surface area (Å²) in [7, 11) is 0. The van der Waals surface area contributed by atoms with E-state index in [2.05, 4.69) is 0 Å². The smallest absolute Gasteiger partial charge is 0.255 e. The van der Waals surface area contributed by atoms with Crippen LogP contribution >= 0.6 is 0 Å². The highest BCUT2D eigenvalue weighted by Crippen LogP contribution is 2.57. The molecule has 1 amide bonds. The zero-order valence-electron chi connectivity index (χ0n) is 16.3. The van der Waals surface area contributed by atoms with Gasteiger partial charge in [0.25, 0.3) is 5.91 Å². The summed E-state index contributed by atoms with van der Waals surface area (Å²) in [6.45, 7) is 1.58. The standard InChI is InChI=1S/C20H21N3O8/c1-4-9-6(21)3-7(22)15(26)12(9)16(27)13-10(4)14(25)5-2-8(24)11(19(23)30)17(28)20(5,31)18(13)29/h3-5,10,14,25-28,31H,2,21-22H2,1H3,(H2,23,30)/t4-,5-,10-,14-,20-/m1/s1. The predicted octanol–water partition coefficient (Wildman–Crippen LogP) is -0.880. The minimum Gasteiger partial charge on any atom is -0.508 e. The van der Waals surface area contributed by atoms with E-state index in [1.807, 2.05) is 0 Å². The Balaban J connectivity index is 2.05. The summed E-state index contributed by atoms with van der Waals surface area (Å²) in [5.74, 6) is -9.52. The molecule has 3 aliphatic carbocycles. The number of amides is 1. The molecule has 0 aliphatic heterocycles. The molecule has 3 aliphatic rings. The molecule has 0 saturated heterocycles. The monoisotopic (exact) mass is 431 g/mol. The van der Waals surface area contributed by atoms with Crippen molar-refractivity contribution in [3.8, 4) is 5.75 Å². The number of hydrogen-bond donors (Lipinski definition) is 8. The Kier molecular flexibility index (Phi) is 4.15. The summed E-state index contributed by atoms with van der Waals surface area (Å²) in [6.07, 6.45) is -2.25. The second kappa shape index (κ2) is 6.22. The fraction of sp³-hybridized carbons (Fsp3) is 0.350. The summed E-state index contributed by atoms with van der Waals surface area (Å²) < 4.78 is 0. The van der Waals surface area contributed by atoms with Crippen molar-refractivity contribution < 1.29 is 39.9 Å². The van der Waals surface area contributed by atoms with Crippen molar-refractivity contribution in [1.82, 2.24) is 0 Å². The van der Waals surface area contributed by atoms with Crippen molar-refractivity contribution in [3.63, 3.8) is 0 Å². The highest BCUT2D eigenvalue weighted by Gasteiger charge is 2.65. The van der Waals surface area contributed by atoms with Crippen molar-refractivity contribution >= 4 is 34.6 Å². The Morgan fingerprint density at radius 1 is 1.16 bits per heavy atom. The van der Waals surface area contributed by atoms with Crippen LogP contribution in [0.2, 0.25) is 0 Å². The lowest BCUT2D eigenvalue weighted by Gasteiger charge is -2.50. The largest absolute Gasteiger partial charge is 0.508 e. The van der Waals surface area contributed by atoms with Crippen molar-refractivity contribution in [2.45, 2.75) is 31.0 Å². The first-order valence-corrected chi connectivity index (χ1v) is 9.41. The van der Waals surface area contributed by atoms with Crippen LogP contribution in [0.1, 0.15) is 30.4 Å². The van der Waals surface area contributed by atoms with E-state index in [0.29, 0.717) is 0 Å². The minimum atomic E-state index is -2.88. The number of rotatable bonds is 1. The van der Waals surface area contributed by atoms with Crippen LogP contribution in [-0.4, -0.2) is 54.7 Å². The van der Waals surface area contributed by atoms with Gasteiger partial charge < -0.3 is 42.7 Å². The third-order valence-corrected chi connectivity index (χ3v) is 6.66. The van der Waals surface area contributed by atoms with Crippen molar-refractivity contribution in [3.05, 3.63) is 34.1 Å². The fourth-order valence-corrected chi connectivity index (χ4v) is 5.21. The number of phenolic OH excluding ortho intramolecular Hbond substituents is 1. The number of nitrogen functional groups attached to an aromatic ring is 2. The van der Waals surface area contributed by atoms with Gasteiger partial charge in [0.15, 0.2) is 11.4 Å². The molecule has 0 bridgehead atoms. The number of benzene rings is 1. The maximum absolute atomic E-state index is 13.4. The molecule has 1 fully saturated rings. The van der Waals surface area contributed by atoms with E-state index < -0.39 is 81.8 Å². The highest BCUT2D eigenvalue weighted by molar-refractivity contribution is 6.23. The van der Waals surface area contributed by atoms with Gasteiger partial charge in [-0.05, 0) is 17.5 Å². The number of anilines is 2. The molecular formula is C20H21N3O8. The molecule has 0 radical (unpaired) electrons. The van der Waals surface area contributed by atoms with Crippen LogP contribution in [0.15, 0.2) is 23.0 Å². The van der Waals surface area contributed by atoms with Crippen LogP contribution in [0.4, 0.5) is 11.4 Å². The maximum Gasteiger partial charge on any atom is 0.255 e. The first kappa shape index (κ1) is 20.7. The van der Waals surface area contributed by atoms with E-state index in [1.54, 1.807) is 6.92 Å². The van der Waals surface area contributed by atoms with Crippen LogP contribution in [0.25, 0.3) is 5.76 Å². The van der Waals surface area contributed by atoms with Gasteiger partial charge in [0.05, 0.1) is 17.4 Å². The van der Waals surface area contributed by atoms with Crippen LogP contribution < -0.4 is 17.2 Å². The summed E-state index contributed by atoms with van der Waals surface area (Å²) in [4.78, 5) is 37.4. The van der Waals surface area contributed by atoms with Gasteiger partial charge in [0, 0.05) is 29.5 Å². The van der Waals surface area contributed by atoms with Gasteiger partial charge in [-0.15, -0.1) is 0 Å². The lowest BCUT2D eigenvalue weighted by molar-refractivity contribution is -0.160. The third-order valence-electron chi connectivity index (χ3n) is 6.66. The number of ketones is 2. The number of aliphatic hydroxyl groups is 4. The first-order valence-electron chi connectivity index (χ1n) is 9.41. The van der Waals surface area contributed by atoms with E-state index in [9.17, 15) is 39.9 Å². The molecule has 4 rings (SSSR count). The average molecular weight is 431 g/mol. The summed E-state index contributed by atoms with van der Waals surface area (Å²) >= 11 is 0. The molecule has 0 unspecified atom stereocenters. The summed E-state index contributed by atoms with van der Waals surface area (Å²) in [5.41, 5.74) is 12.5. The SMILES string of the molecule is C[C@@H]1c2c(N)cc(N)c(O)c2C(O)=C2C(=O)[C@]3(O)C(O)=C(C(N)=O)C(=O)C[C@@H]3[C@@H](O)[C@@H]21. The van der Waals surface area contributed by atoms with Gasteiger partial charge in [-0.25, -0.2) is 0 Å². The number of phenols is 1. The molecule has 11 heteroatoms. The van der Waals surface area contributed by atoms with Crippen LogP contribution in [-0.2, 0) is 14.4 Å². The van der Waals surface area contributed by atoms with Crippen molar-refractivity contribution in [1.29, 1.82) is 0 Å². The molecule has 0 spiro atoms. The van der Waals surface area contributed by atoms with Gasteiger partial charge in [-0.1, -0.05) is 6.92 Å². The zero-order chi connectivity index (χ0) is 23.2. The summed E-state index contributed by atoms with van der Waals surface area (Å²) in [6, 6.07) is 1.27. The molecule has 0 heterocycles. The first-order chi connectivity index (χ1) is 14.3. The van der Waals surface area contributed by atoms with Gasteiger partial charge in [0.1, 0.15) is 22.8 Å². The van der Waals surface area contributed by atoms with E-state index in [0.717, 1.165) is 0 Å². The Bertz CT molecular complexity index is 1150. The molecule has 11 nitrogen and oxygen atoms in total. The number of aromatic hydroxyl groups is 1. The number of carbonyl (C=O) groups is 3. The Hall–Kier alpha value is -3.57. The normalized spacial score (nSPS) is 32.5. The van der Waals surface area contributed by atoms with E-state index in [1.165, 1.54) is 6.07 Å². The average Bonchev–Trinajstić information content (AvgIpc) is 2.67. The lowest BCUT2D eigenvalue weighted by Crippen LogP contribution is -2.63. The predicted molar refractivity (Wildman–Crippen MR) is 106 cm³/mol. The Morgan fingerprint density at radius 3 is 2.35 bits per heavy atom. The van der Waals surface area contributed by atoms with Crippen LogP contribution in [0.5, 0.6) is 5.75 Å². The van der Waals surface area contributed by atoms with Crippen LogP contribution in [0, 0.1) is 11.8 Å². The van der Waals surface area contributed by atoms with E-state index in [-0.39, 0.29) is 22.5 Å². The Morgan fingerprint density at radius 2 is 1.77 bits per heavy atom. The number of aliphatic hydroxyl groups excluding tert-OH is 3. The number of primary amides is 1. The molecular weight excluding hydrogens is 410 g/mol. The summed E-state index contributed by atoms with van der Waals surface area (Å²) in [5, 5.41) is 54.1. The number of carbonyl (C=O) groups excluding carboxylic acids is 3. The third kappa shape index (κ3) is 2.32. The quantitative estimate of drug-likeness (QED) is 0.118. The molecule has 11 N–H and O–H groups in total. The van der Waals surface area contributed by atoms with Gasteiger partial charge in [0.2, 0.25) is 5.78 Å². The van der Waals surface area contributed by atoms with Gasteiger partial charge >= 0.3 is 0 Å². The number of nitrogens with two attached hydrogens (primary N) is 3. The molecule has 5 atom stereocenters. The van der Waals surface area contributed by atoms with Crippen molar-refractivity contribution in [2.24, 2.45) is 17.6 Å². The lowest BCUT2D eigenvalue weighted by atomic mass is 9.55. The van der Waals surface area contributed by atoms with Crippen LogP contribution in [0.3, 0.4) is 0 Å².